The van der Waals surface area contributed by atoms with Gasteiger partial charge in [-0.05, 0) is 37.6 Å². The van der Waals surface area contributed by atoms with Crippen LogP contribution < -0.4 is 9.47 Å². The summed E-state index contributed by atoms with van der Waals surface area (Å²) in [6.07, 6.45) is 0. The summed E-state index contributed by atoms with van der Waals surface area (Å²) in [6, 6.07) is 7.25. The lowest BCUT2D eigenvalue weighted by molar-refractivity contribution is 0.0785. The largest absolute Gasteiger partial charge is 0.493 e. The molecule has 1 heterocycles. The van der Waals surface area contributed by atoms with Crippen LogP contribution in [0.3, 0.4) is 0 Å². The summed E-state index contributed by atoms with van der Waals surface area (Å²) < 4.78 is 10.8. The molecule has 6 heteroatoms. The number of hydrogen-bond acceptors (Lipinski definition) is 5. The Bertz CT molecular complexity index is 738. The molecule has 1 amide bonds. The van der Waals surface area contributed by atoms with Gasteiger partial charge < -0.3 is 14.4 Å². The van der Waals surface area contributed by atoms with Gasteiger partial charge in [-0.15, -0.1) is 11.3 Å². The zero-order valence-corrected chi connectivity index (χ0v) is 15.1. The van der Waals surface area contributed by atoms with Gasteiger partial charge in [0.05, 0.1) is 24.2 Å². The maximum absolute atomic E-state index is 12.5. The van der Waals surface area contributed by atoms with E-state index in [9.17, 15) is 9.59 Å². The number of carbonyl (C=O) groups excluding carboxylic acids is 2. The van der Waals surface area contributed by atoms with Crippen LogP contribution in [-0.4, -0.2) is 37.4 Å². The van der Waals surface area contributed by atoms with Crippen molar-refractivity contribution in [1.29, 1.82) is 0 Å². The second kappa shape index (κ2) is 7.97. The minimum Gasteiger partial charge on any atom is -0.493 e. The number of methoxy groups -OCH3 is 1. The van der Waals surface area contributed by atoms with E-state index in [0.717, 1.165) is 5.56 Å². The zero-order valence-electron chi connectivity index (χ0n) is 14.3. The molecule has 0 radical (unpaired) electrons. The van der Waals surface area contributed by atoms with Crippen LogP contribution >= 0.6 is 11.3 Å². The summed E-state index contributed by atoms with van der Waals surface area (Å²) in [5.74, 6) is 1.18. The van der Waals surface area contributed by atoms with Crippen LogP contribution in [-0.2, 0) is 6.54 Å². The molecular weight excluding hydrogens is 326 g/mol. The van der Waals surface area contributed by atoms with Crippen LogP contribution in [0, 0.1) is 0 Å². The van der Waals surface area contributed by atoms with Crippen molar-refractivity contribution in [2.45, 2.75) is 20.4 Å². The van der Waals surface area contributed by atoms with Crippen molar-refractivity contribution < 1.29 is 19.1 Å². The molecule has 0 N–H and O–H groups in total. The molecular formula is C18H21NO4S. The SMILES string of the molecule is CCOc1cc(CN(C)C(=O)c2csc(C(C)=O)c2)ccc1OC. The maximum Gasteiger partial charge on any atom is 0.254 e. The van der Waals surface area contributed by atoms with E-state index in [-0.39, 0.29) is 11.7 Å². The average Bonchev–Trinajstić information content (AvgIpc) is 3.05. The fourth-order valence-corrected chi connectivity index (χ4v) is 3.07. The summed E-state index contributed by atoms with van der Waals surface area (Å²) in [5, 5.41) is 1.72. The lowest BCUT2D eigenvalue weighted by Gasteiger charge is -2.18. The Hall–Kier alpha value is -2.34. The second-order valence-corrected chi connectivity index (χ2v) is 6.25. The molecule has 0 unspecified atom stereocenters. The Morgan fingerprint density at radius 2 is 1.96 bits per heavy atom. The summed E-state index contributed by atoms with van der Waals surface area (Å²) in [7, 11) is 3.33. The lowest BCUT2D eigenvalue weighted by atomic mass is 10.1. The highest BCUT2D eigenvalue weighted by Crippen LogP contribution is 2.28. The molecule has 5 nitrogen and oxygen atoms in total. The van der Waals surface area contributed by atoms with Gasteiger partial charge in [0.2, 0.25) is 0 Å². The summed E-state index contributed by atoms with van der Waals surface area (Å²) in [6.45, 7) is 4.38. The molecule has 0 atom stereocenters. The minimum atomic E-state index is -0.118. The van der Waals surface area contributed by atoms with Gasteiger partial charge in [0.15, 0.2) is 17.3 Å². The molecule has 2 rings (SSSR count). The highest BCUT2D eigenvalue weighted by atomic mass is 32.1. The first-order valence-corrected chi connectivity index (χ1v) is 8.48. The van der Waals surface area contributed by atoms with E-state index < -0.39 is 0 Å². The van der Waals surface area contributed by atoms with E-state index in [1.807, 2.05) is 25.1 Å². The molecule has 0 saturated carbocycles. The molecule has 0 saturated heterocycles. The molecule has 0 aliphatic carbocycles. The van der Waals surface area contributed by atoms with Crippen LogP contribution in [0.5, 0.6) is 11.5 Å². The van der Waals surface area contributed by atoms with E-state index >= 15 is 0 Å². The topological polar surface area (TPSA) is 55.8 Å². The Morgan fingerprint density at radius 3 is 2.54 bits per heavy atom. The average molecular weight is 347 g/mol. The van der Waals surface area contributed by atoms with E-state index in [4.69, 9.17) is 9.47 Å². The highest BCUT2D eigenvalue weighted by Gasteiger charge is 2.16. The summed E-state index contributed by atoms with van der Waals surface area (Å²) >= 11 is 1.29. The van der Waals surface area contributed by atoms with Gasteiger partial charge in [-0.3, -0.25) is 9.59 Å². The standard InChI is InChI=1S/C18H21NO4S/c1-5-23-16-8-13(6-7-15(16)22-4)10-19(3)18(21)14-9-17(12(2)20)24-11-14/h6-9,11H,5,10H2,1-4H3. The molecule has 0 aliphatic heterocycles. The molecule has 1 aromatic heterocycles. The van der Waals surface area contributed by atoms with Gasteiger partial charge in [-0.2, -0.15) is 0 Å². The van der Waals surface area contributed by atoms with Crippen molar-refractivity contribution in [1.82, 2.24) is 4.90 Å². The Kier molecular flexibility index (Phi) is 5.98. The zero-order chi connectivity index (χ0) is 17.7. The van der Waals surface area contributed by atoms with Gasteiger partial charge >= 0.3 is 0 Å². The number of nitrogens with zero attached hydrogens (tertiary/aromatic N) is 1. The van der Waals surface area contributed by atoms with Crippen LogP contribution in [0.2, 0.25) is 0 Å². The smallest absolute Gasteiger partial charge is 0.254 e. The Labute approximate surface area is 145 Å². The molecule has 0 fully saturated rings. The molecule has 128 valence electrons. The monoisotopic (exact) mass is 347 g/mol. The van der Waals surface area contributed by atoms with Crippen molar-refractivity contribution in [3.63, 3.8) is 0 Å². The third kappa shape index (κ3) is 4.14. The number of carbonyl (C=O) groups is 2. The number of amides is 1. The fourth-order valence-electron chi connectivity index (χ4n) is 2.29. The molecule has 24 heavy (non-hydrogen) atoms. The van der Waals surface area contributed by atoms with Crippen molar-refractivity contribution in [3.8, 4) is 11.5 Å². The maximum atomic E-state index is 12.5. The van der Waals surface area contributed by atoms with E-state index in [0.29, 0.717) is 35.1 Å². The number of thiophene rings is 1. The first kappa shape index (κ1) is 18.0. The third-order valence-electron chi connectivity index (χ3n) is 3.49. The van der Waals surface area contributed by atoms with Crippen molar-refractivity contribution in [2.24, 2.45) is 0 Å². The summed E-state index contributed by atoms with van der Waals surface area (Å²) in [5.41, 5.74) is 1.48. The minimum absolute atomic E-state index is 0.0294. The quantitative estimate of drug-likeness (QED) is 0.718. The first-order valence-electron chi connectivity index (χ1n) is 7.61. The van der Waals surface area contributed by atoms with E-state index in [1.165, 1.54) is 18.3 Å². The molecule has 2 aromatic rings. The normalized spacial score (nSPS) is 10.3. The van der Waals surface area contributed by atoms with Crippen LogP contribution in [0.1, 0.15) is 39.4 Å². The van der Waals surface area contributed by atoms with Gasteiger partial charge in [-0.1, -0.05) is 6.07 Å². The van der Waals surface area contributed by atoms with Crippen LogP contribution in [0.25, 0.3) is 0 Å². The molecule has 0 spiro atoms. The van der Waals surface area contributed by atoms with Gasteiger partial charge in [0.1, 0.15) is 0 Å². The number of rotatable bonds is 7. The predicted octanol–water partition coefficient (Wildman–Crippen LogP) is 3.63. The molecule has 0 bridgehead atoms. The molecule has 0 aliphatic rings. The Balaban J connectivity index is 2.13. The number of Topliss-reactive ketones (excluding diaryl/α,β-unsaturated/α-hetero) is 1. The van der Waals surface area contributed by atoms with Crippen LogP contribution in [0.4, 0.5) is 0 Å². The number of hydrogen-bond donors (Lipinski definition) is 0. The van der Waals surface area contributed by atoms with E-state index in [1.54, 1.807) is 30.5 Å². The van der Waals surface area contributed by atoms with E-state index in [2.05, 4.69) is 0 Å². The second-order valence-electron chi connectivity index (χ2n) is 5.34. The fraction of sp³-hybridized carbons (Fsp3) is 0.333. The third-order valence-corrected chi connectivity index (χ3v) is 4.52. The van der Waals surface area contributed by atoms with Crippen molar-refractivity contribution in [3.05, 3.63) is 45.6 Å². The summed E-state index contributed by atoms with van der Waals surface area (Å²) in [4.78, 5) is 26.1. The predicted molar refractivity (Wildman–Crippen MR) is 94.3 cm³/mol. The first-order chi connectivity index (χ1) is 11.5. The van der Waals surface area contributed by atoms with Gasteiger partial charge in [0.25, 0.3) is 5.91 Å². The number of ether oxygens (including phenoxy) is 2. The number of benzene rings is 1. The van der Waals surface area contributed by atoms with Crippen molar-refractivity contribution in [2.75, 3.05) is 20.8 Å². The number of ketones is 1. The van der Waals surface area contributed by atoms with Crippen LogP contribution in [0.15, 0.2) is 29.6 Å². The molecule has 1 aromatic carbocycles. The Morgan fingerprint density at radius 1 is 1.21 bits per heavy atom. The lowest BCUT2D eigenvalue weighted by Crippen LogP contribution is -2.25. The highest BCUT2D eigenvalue weighted by molar-refractivity contribution is 7.12. The van der Waals surface area contributed by atoms with Gasteiger partial charge in [0, 0.05) is 19.0 Å². The van der Waals surface area contributed by atoms with Gasteiger partial charge in [-0.25, -0.2) is 0 Å². The van der Waals surface area contributed by atoms with Crippen molar-refractivity contribution >= 4 is 23.0 Å².